The van der Waals surface area contributed by atoms with E-state index in [1.165, 1.54) is 7.11 Å². The van der Waals surface area contributed by atoms with Gasteiger partial charge in [-0.25, -0.2) is 9.78 Å². The van der Waals surface area contributed by atoms with E-state index >= 15 is 0 Å². The second-order valence-electron chi connectivity index (χ2n) is 4.60. The van der Waals surface area contributed by atoms with E-state index in [4.69, 9.17) is 0 Å². The Labute approximate surface area is 116 Å². The second-order valence-corrected chi connectivity index (χ2v) is 4.60. The van der Waals surface area contributed by atoms with Gasteiger partial charge in [-0.05, 0) is 30.3 Å². The first-order valence-corrected chi connectivity index (χ1v) is 6.30. The number of rotatable bonds is 2. The molecule has 3 rings (SSSR count). The number of pyridine rings is 1. The van der Waals surface area contributed by atoms with Crippen molar-refractivity contribution >= 4 is 17.0 Å². The van der Waals surface area contributed by atoms with Crippen LogP contribution in [0, 0.1) is 0 Å². The summed E-state index contributed by atoms with van der Waals surface area (Å²) in [6.07, 6.45) is 1.99. The van der Waals surface area contributed by atoms with E-state index in [1.54, 1.807) is 12.1 Å². The summed E-state index contributed by atoms with van der Waals surface area (Å²) in [6.45, 7) is 0. The standard InChI is InChI=1S/C16H14N2O2/c1-18-10-9-12-7-8-14(17-15(12)18)11-3-5-13(6-4-11)16(19)20-2/h3-10H,1-2H3. The predicted octanol–water partition coefficient (Wildman–Crippen LogP) is 3.03. The first kappa shape index (κ1) is 12.4. The summed E-state index contributed by atoms with van der Waals surface area (Å²) in [6, 6.07) is 13.3. The van der Waals surface area contributed by atoms with Crippen molar-refractivity contribution in [3.63, 3.8) is 0 Å². The zero-order chi connectivity index (χ0) is 14.1. The van der Waals surface area contributed by atoms with E-state index < -0.39 is 0 Å². The molecule has 20 heavy (non-hydrogen) atoms. The summed E-state index contributed by atoms with van der Waals surface area (Å²) in [4.78, 5) is 16.1. The third-order valence-electron chi connectivity index (χ3n) is 3.32. The van der Waals surface area contributed by atoms with Crippen molar-refractivity contribution in [2.45, 2.75) is 0 Å². The Bertz CT molecular complexity index is 773. The van der Waals surface area contributed by atoms with Crippen LogP contribution >= 0.6 is 0 Å². The van der Waals surface area contributed by atoms with Crippen molar-refractivity contribution in [3.8, 4) is 11.3 Å². The van der Waals surface area contributed by atoms with Gasteiger partial charge in [0.2, 0.25) is 0 Å². The summed E-state index contributed by atoms with van der Waals surface area (Å²) >= 11 is 0. The van der Waals surface area contributed by atoms with E-state index in [-0.39, 0.29) is 5.97 Å². The summed E-state index contributed by atoms with van der Waals surface area (Å²) in [5, 5.41) is 1.11. The van der Waals surface area contributed by atoms with Gasteiger partial charge in [0.1, 0.15) is 5.65 Å². The van der Waals surface area contributed by atoms with Crippen LogP contribution in [0.2, 0.25) is 0 Å². The van der Waals surface area contributed by atoms with Gasteiger partial charge in [-0.2, -0.15) is 0 Å². The maximum atomic E-state index is 11.4. The number of hydrogen-bond acceptors (Lipinski definition) is 3. The predicted molar refractivity (Wildman–Crippen MR) is 77.5 cm³/mol. The van der Waals surface area contributed by atoms with Crippen molar-refractivity contribution in [3.05, 3.63) is 54.2 Å². The van der Waals surface area contributed by atoms with Gasteiger partial charge in [-0.3, -0.25) is 0 Å². The minimum absolute atomic E-state index is 0.331. The highest BCUT2D eigenvalue weighted by Gasteiger charge is 2.07. The molecule has 2 aromatic heterocycles. The van der Waals surface area contributed by atoms with Gasteiger partial charge in [0, 0.05) is 24.2 Å². The summed E-state index contributed by atoms with van der Waals surface area (Å²) in [5.41, 5.74) is 3.34. The van der Waals surface area contributed by atoms with Crippen molar-refractivity contribution in [2.24, 2.45) is 7.05 Å². The largest absolute Gasteiger partial charge is 0.465 e. The third-order valence-corrected chi connectivity index (χ3v) is 3.32. The maximum Gasteiger partial charge on any atom is 0.337 e. The zero-order valence-electron chi connectivity index (χ0n) is 11.3. The molecule has 0 aliphatic rings. The first-order valence-electron chi connectivity index (χ1n) is 6.30. The van der Waals surface area contributed by atoms with Gasteiger partial charge < -0.3 is 9.30 Å². The number of carbonyl (C=O) groups excluding carboxylic acids is 1. The molecule has 0 unspecified atom stereocenters. The van der Waals surface area contributed by atoms with E-state index in [0.29, 0.717) is 5.56 Å². The van der Waals surface area contributed by atoms with Crippen LogP contribution in [-0.2, 0) is 11.8 Å². The summed E-state index contributed by atoms with van der Waals surface area (Å²) < 4.78 is 6.67. The Balaban J connectivity index is 2.02. The monoisotopic (exact) mass is 266 g/mol. The van der Waals surface area contributed by atoms with E-state index in [2.05, 4.69) is 9.72 Å². The molecule has 0 fully saturated rings. The third kappa shape index (κ3) is 2.05. The van der Waals surface area contributed by atoms with E-state index in [9.17, 15) is 4.79 Å². The number of hydrogen-bond donors (Lipinski definition) is 0. The molecule has 0 radical (unpaired) electrons. The zero-order valence-corrected chi connectivity index (χ0v) is 11.3. The molecule has 1 aromatic carbocycles. The van der Waals surface area contributed by atoms with Crippen molar-refractivity contribution < 1.29 is 9.53 Å². The number of benzene rings is 1. The highest BCUT2D eigenvalue weighted by molar-refractivity contribution is 5.90. The molecule has 0 saturated carbocycles. The minimum Gasteiger partial charge on any atom is -0.465 e. The average Bonchev–Trinajstić information content (AvgIpc) is 2.87. The van der Waals surface area contributed by atoms with Crippen LogP contribution in [0.1, 0.15) is 10.4 Å². The van der Waals surface area contributed by atoms with Gasteiger partial charge in [0.15, 0.2) is 0 Å². The van der Waals surface area contributed by atoms with Crippen LogP contribution in [0.4, 0.5) is 0 Å². The van der Waals surface area contributed by atoms with Crippen LogP contribution < -0.4 is 0 Å². The topological polar surface area (TPSA) is 44.1 Å². The molecule has 0 bridgehead atoms. The number of aromatic nitrogens is 2. The van der Waals surface area contributed by atoms with Gasteiger partial charge in [0.05, 0.1) is 18.4 Å². The Hall–Kier alpha value is -2.62. The SMILES string of the molecule is COC(=O)c1ccc(-c2ccc3ccn(C)c3n2)cc1. The molecule has 100 valence electrons. The Morgan fingerprint density at radius 1 is 1.10 bits per heavy atom. The molecule has 0 atom stereocenters. The summed E-state index contributed by atoms with van der Waals surface area (Å²) in [7, 11) is 3.35. The number of ether oxygens (including phenoxy) is 1. The van der Waals surface area contributed by atoms with Crippen LogP contribution in [0.5, 0.6) is 0 Å². The van der Waals surface area contributed by atoms with Crippen LogP contribution in [-0.4, -0.2) is 22.6 Å². The molecule has 0 saturated heterocycles. The smallest absolute Gasteiger partial charge is 0.337 e. The van der Waals surface area contributed by atoms with E-state index in [0.717, 1.165) is 22.3 Å². The highest BCUT2D eigenvalue weighted by Crippen LogP contribution is 2.21. The fraction of sp³-hybridized carbons (Fsp3) is 0.125. The molecular weight excluding hydrogens is 252 g/mol. The Morgan fingerprint density at radius 3 is 2.55 bits per heavy atom. The lowest BCUT2D eigenvalue weighted by Gasteiger charge is -2.04. The Kier molecular flexibility index (Phi) is 2.99. The van der Waals surface area contributed by atoms with E-state index in [1.807, 2.05) is 48.1 Å². The quantitative estimate of drug-likeness (QED) is 0.670. The van der Waals surface area contributed by atoms with Crippen LogP contribution in [0.3, 0.4) is 0 Å². The van der Waals surface area contributed by atoms with Crippen LogP contribution in [0.15, 0.2) is 48.7 Å². The van der Waals surface area contributed by atoms with Gasteiger partial charge >= 0.3 is 5.97 Å². The molecule has 0 aliphatic carbocycles. The number of aryl methyl sites for hydroxylation is 1. The lowest BCUT2D eigenvalue weighted by molar-refractivity contribution is 0.0601. The number of methoxy groups -OCH3 is 1. The highest BCUT2D eigenvalue weighted by atomic mass is 16.5. The van der Waals surface area contributed by atoms with Crippen molar-refractivity contribution in [2.75, 3.05) is 7.11 Å². The number of carbonyl (C=O) groups is 1. The normalized spacial score (nSPS) is 10.7. The number of nitrogens with zero attached hydrogens (tertiary/aromatic N) is 2. The average molecular weight is 266 g/mol. The lowest BCUT2D eigenvalue weighted by Crippen LogP contribution is -2.00. The van der Waals surface area contributed by atoms with Gasteiger partial charge in [-0.15, -0.1) is 0 Å². The molecule has 4 nitrogen and oxygen atoms in total. The number of fused-ring (bicyclic) bond motifs is 1. The summed E-state index contributed by atoms with van der Waals surface area (Å²) in [5.74, 6) is -0.331. The molecule has 0 aliphatic heterocycles. The Morgan fingerprint density at radius 2 is 1.85 bits per heavy atom. The van der Waals surface area contributed by atoms with Gasteiger partial charge in [0.25, 0.3) is 0 Å². The molecule has 0 N–H and O–H groups in total. The van der Waals surface area contributed by atoms with Crippen molar-refractivity contribution in [1.82, 2.24) is 9.55 Å². The molecule has 3 aromatic rings. The lowest BCUT2D eigenvalue weighted by atomic mass is 10.1. The first-order chi connectivity index (χ1) is 9.69. The fourth-order valence-corrected chi connectivity index (χ4v) is 2.19. The van der Waals surface area contributed by atoms with Crippen LogP contribution in [0.25, 0.3) is 22.3 Å². The molecule has 4 heteroatoms. The fourth-order valence-electron chi connectivity index (χ4n) is 2.19. The molecule has 0 spiro atoms. The molecule has 2 heterocycles. The maximum absolute atomic E-state index is 11.4. The molecular formula is C16H14N2O2. The van der Waals surface area contributed by atoms with Gasteiger partial charge in [-0.1, -0.05) is 12.1 Å². The minimum atomic E-state index is -0.331. The number of esters is 1. The molecule has 0 amide bonds. The second kappa shape index (κ2) is 4.81. The van der Waals surface area contributed by atoms with Crippen molar-refractivity contribution in [1.29, 1.82) is 0 Å².